The van der Waals surface area contributed by atoms with Crippen molar-refractivity contribution in [3.63, 3.8) is 0 Å². The van der Waals surface area contributed by atoms with Crippen LogP contribution in [0, 0.1) is 33.3 Å². The van der Waals surface area contributed by atoms with Crippen LogP contribution >= 0.6 is 7.92 Å². The zero-order valence-corrected chi connectivity index (χ0v) is 16.6. The van der Waals surface area contributed by atoms with Crippen LogP contribution in [0.5, 0.6) is 0 Å². The van der Waals surface area contributed by atoms with Crippen molar-refractivity contribution in [2.24, 2.45) is 0 Å². The van der Waals surface area contributed by atoms with Gasteiger partial charge in [0.2, 0.25) is 0 Å². The van der Waals surface area contributed by atoms with Crippen molar-refractivity contribution in [3.8, 4) is 0 Å². The van der Waals surface area contributed by atoms with E-state index in [1.165, 1.54) is 10.4 Å². The number of rotatable bonds is 1. The molecule has 0 spiro atoms. The molecule has 2 aromatic rings. The van der Waals surface area contributed by atoms with Crippen molar-refractivity contribution in [1.29, 1.82) is 0 Å². The zero-order chi connectivity index (χ0) is 21.2. The molecule has 4 rings (SSSR count). The minimum atomic E-state index is 0. The van der Waals surface area contributed by atoms with Crippen molar-refractivity contribution in [3.05, 3.63) is 98.3 Å². The largest absolute Gasteiger partial charge is 0 e. The van der Waals surface area contributed by atoms with Gasteiger partial charge in [0.1, 0.15) is 0 Å². The Hall–Kier alpha value is -2.16. The molecule has 2 unspecified atom stereocenters. The van der Waals surface area contributed by atoms with E-state index in [9.17, 15) is 0 Å². The standard InChI is InChI=1S/C16H13P.5CO.Cr/c1-2-8-14(9-3-1)17-15-10-12-6-4-5-7-13(12)11-16(15)17;5*1-2;/h1-11,15-16H;;;;;;. The van der Waals surface area contributed by atoms with Gasteiger partial charge in [0.15, 0.2) is 0 Å². The summed E-state index contributed by atoms with van der Waals surface area (Å²) in [5.74, 6) is 0. The Bertz CT molecular complexity index is 824. The maximum atomic E-state index is 7.50. The summed E-state index contributed by atoms with van der Waals surface area (Å²) in [5, 5.41) is 4.40. The Balaban J connectivity index is -0.000000503. The molecule has 28 heavy (non-hydrogen) atoms. The molecule has 0 bridgehead atoms. The fraction of sp³-hybridized carbons (Fsp3) is 0.0952. The van der Waals surface area contributed by atoms with Gasteiger partial charge in [-0.1, -0.05) is 74.7 Å². The van der Waals surface area contributed by atoms with Gasteiger partial charge in [-0.05, 0) is 15.7 Å². The predicted octanol–water partition coefficient (Wildman–Crippen LogP) is 1.63. The van der Waals surface area contributed by atoms with Crippen molar-refractivity contribution in [1.82, 2.24) is 0 Å². The van der Waals surface area contributed by atoms with E-state index in [1.54, 1.807) is 5.30 Å². The van der Waals surface area contributed by atoms with Crippen molar-refractivity contribution in [2.75, 3.05) is 0 Å². The molecule has 0 N–H and O–H groups in total. The molecule has 0 amide bonds. The average Bonchev–Trinajstić information content (AvgIpc) is 3.52. The van der Waals surface area contributed by atoms with E-state index >= 15 is 0 Å². The molecule has 2 atom stereocenters. The van der Waals surface area contributed by atoms with Gasteiger partial charge in [-0.3, -0.25) is 0 Å². The first-order chi connectivity index (χ1) is 13.4. The van der Waals surface area contributed by atoms with E-state index in [-0.39, 0.29) is 25.3 Å². The molecule has 2 aromatic carbocycles. The van der Waals surface area contributed by atoms with Crippen molar-refractivity contribution in [2.45, 2.75) is 11.3 Å². The van der Waals surface area contributed by atoms with E-state index < -0.39 is 0 Å². The van der Waals surface area contributed by atoms with Crippen LogP contribution in [0.15, 0.2) is 54.6 Å². The van der Waals surface area contributed by atoms with Crippen LogP contribution in [0.25, 0.3) is 12.2 Å². The van der Waals surface area contributed by atoms with Gasteiger partial charge in [0, 0.05) is 28.7 Å². The van der Waals surface area contributed by atoms with Crippen LogP contribution in [0.2, 0.25) is 0 Å². The van der Waals surface area contributed by atoms with Gasteiger partial charge >= 0.3 is 56.5 Å². The van der Waals surface area contributed by atoms with E-state index in [1.807, 2.05) is 0 Å². The van der Waals surface area contributed by atoms with Gasteiger partial charge in [-0.2, -0.15) is 0 Å². The van der Waals surface area contributed by atoms with Crippen LogP contribution < -0.4 is 15.7 Å². The van der Waals surface area contributed by atoms with Gasteiger partial charge in [0.25, 0.3) is 0 Å². The van der Waals surface area contributed by atoms with Crippen LogP contribution in [0.1, 0.15) is 0 Å². The van der Waals surface area contributed by atoms with Gasteiger partial charge in [-0.15, -0.1) is 0 Å². The van der Waals surface area contributed by atoms with E-state index in [0.29, 0.717) is 0 Å². The topological polar surface area (TPSA) is 99.5 Å². The molecule has 1 fully saturated rings. The van der Waals surface area contributed by atoms with Crippen molar-refractivity contribution >= 4 is 25.4 Å². The van der Waals surface area contributed by atoms with Crippen LogP contribution in [-0.2, 0) is 40.6 Å². The van der Waals surface area contributed by atoms with E-state index in [4.69, 9.17) is 23.3 Å². The minimum absolute atomic E-state index is 0. The minimum Gasteiger partial charge on any atom is 0 e. The quantitative estimate of drug-likeness (QED) is 0.375. The predicted molar refractivity (Wildman–Crippen MR) is 94.8 cm³/mol. The summed E-state index contributed by atoms with van der Waals surface area (Å²) in [6.45, 7) is 22.5. The van der Waals surface area contributed by atoms with Crippen LogP contribution in [-0.4, -0.2) is 11.3 Å². The second-order valence-electron chi connectivity index (χ2n) is 4.69. The molecular weight excluding hydrogens is 415 g/mol. The first kappa shape index (κ1) is 30.6. The number of fused-ring (bicyclic) bond motifs is 2. The molecule has 0 aromatic heterocycles. The van der Waals surface area contributed by atoms with Crippen LogP contribution in [0.3, 0.4) is 0 Å². The summed E-state index contributed by atoms with van der Waals surface area (Å²) in [6.07, 6.45) is 4.97. The molecule has 2 aliphatic rings. The molecule has 138 valence electrons. The number of hydrogen-bond donors (Lipinski definition) is 0. The zero-order valence-electron chi connectivity index (χ0n) is 14.4. The molecule has 7 heteroatoms. The molecule has 1 aliphatic carbocycles. The Morgan fingerprint density at radius 2 is 0.857 bits per heavy atom. The molecule has 0 radical (unpaired) electrons. The SMILES string of the molecule is C1=c2ccccc2=CC2C1P2c1ccccc1.[C-]#[O+].[C-]#[O+].[C-]#[O+].[C-]#[O+].[C-]#[O+].[Cr]. The maximum absolute atomic E-state index is 7.50. The average molecular weight is 428 g/mol. The smallest absolute Gasteiger partial charge is 0 e. The second-order valence-corrected chi connectivity index (χ2v) is 7.21. The molecule has 1 aliphatic heterocycles. The molecular formula is C21H13CrO5P. The summed E-state index contributed by atoms with van der Waals surface area (Å²) < 4.78 is 37.5. The number of hydrogen-bond acceptors (Lipinski definition) is 0. The first-order valence-electron chi connectivity index (χ1n) is 7.08. The molecule has 0 saturated carbocycles. The summed E-state index contributed by atoms with van der Waals surface area (Å²) in [6, 6.07) is 19.7. The summed E-state index contributed by atoms with van der Waals surface area (Å²) in [7, 11) is 0.0324. The summed E-state index contributed by atoms with van der Waals surface area (Å²) in [4.78, 5) is 0. The van der Waals surface area contributed by atoms with Crippen LogP contribution in [0.4, 0.5) is 0 Å². The Morgan fingerprint density at radius 1 is 0.536 bits per heavy atom. The summed E-state index contributed by atoms with van der Waals surface area (Å²) in [5.41, 5.74) is 1.59. The van der Waals surface area contributed by atoms with E-state index in [0.717, 1.165) is 11.3 Å². The van der Waals surface area contributed by atoms with E-state index in [2.05, 4.69) is 100 Å². The third-order valence-electron chi connectivity index (χ3n) is 3.65. The Labute approximate surface area is 175 Å². The molecule has 1 saturated heterocycles. The number of benzene rings is 2. The molecule has 5 nitrogen and oxygen atoms in total. The normalized spacial score (nSPS) is 17.6. The second kappa shape index (κ2) is 19.6. The maximum Gasteiger partial charge on any atom is 0 e. The first-order valence-corrected chi connectivity index (χ1v) is 8.56. The third-order valence-corrected chi connectivity index (χ3v) is 6.43. The molecule has 1 heterocycles. The Kier molecular flexibility index (Phi) is 21.4. The van der Waals surface area contributed by atoms with Crippen molar-refractivity contribution < 1.29 is 40.6 Å². The summed E-state index contributed by atoms with van der Waals surface area (Å²) >= 11 is 0. The van der Waals surface area contributed by atoms with Gasteiger partial charge < -0.3 is 0 Å². The fourth-order valence-electron chi connectivity index (χ4n) is 2.75. The third kappa shape index (κ3) is 8.25. The Morgan fingerprint density at radius 3 is 1.21 bits per heavy atom. The monoisotopic (exact) mass is 428 g/mol. The van der Waals surface area contributed by atoms with Gasteiger partial charge in [0.05, 0.1) is 0 Å². The fourth-order valence-corrected chi connectivity index (χ4v) is 5.51. The van der Waals surface area contributed by atoms with Gasteiger partial charge in [-0.25, -0.2) is 0 Å².